The third-order valence-corrected chi connectivity index (χ3v) is 2.84. The van der Waals surface area contributed by atoms with Crippen molar-refractivity contribution < 1.29 is 9.66 Å². The van der Waals surface area contributed by atoms with Crippen LogP contribution >= 0.6 is 11.6 Å². The number of rotatable bonds is 3. The molecule has 0 saturated carbocycles. The van der Waals surface area contributed by atoms with E-state index in [1.807, 2.05) is 12.2 Å². The second-order valence-corrected chi connectivity index (χ2v) is 4.32. The van der Waals surface area contributed by atoms with E-state index in [9.17, 15) is 10.1 Å². The van der Waals surface area contributed by atoms with Gasteiger partial charge in [0.1, 0.15) is 6.10 Å². The molecule has 17 heavy (non-hydrogen) atoms. The number of nitrogens with zero attached hydrogens (tertiary/aromatic N) is 1. The second-order valence-electron chi connectivity index (χ2n) is 3.88. The molecule has 1 aromatic carbocycles. The van der Waals surface area contributed by atoms with Gasteiger partial charge in [-0.1, -0.05) is 17.7 Å². The lowest BCUT2D eigenvalue weighted by atomic mass is 10.1. The molecule has 0 aliphatic heterocycles. The molecule has 0 heterocycles. The minimum atomic E-state index is -0.460. The van der Waals surface area contributed by atoms with Crippen molar-refractivity contribution in [3.05, 3.63) is 45.5 Å². The third-order valence-electron chi connectivity index (χ3n) is 2.61. The quantitative estimate of drug-likeness (QED) is 0.468. The highest BCUT2D eigenvalue weighted by Gasteiger charge is 2.19. The first-order chi connectivity index (χ1) is 8.16. The van der Waals surface area contributed by atoms with Gasteiger partial charge in [-0.3, -0.25) is 10.1 Å². The summed E-state index contributed by atoms with van der Waals surface area (Å²) in [5.41, 5.74) is -0.0478. The van der Waals surface area contributed by atoms with Gasteiger partial charge in [-0.15, -0.1) is 0 Å². The Kier molecular flexibility index (Phi) is 3.64. The predicted molar refractivity (Wildman–Crippen MR) is 65.5 cm³/mol. The van der Waals surface area contributed by atoms with Crippen LogP contribution in [0.15, 0.2) is 30.4 Å². The highest BCUT2D eigenvalue weighted by atomic mass is 35.5. The van der Waals surface area contributed by atoms with E-state index >= 15 is 0 Å². The fourth-order valence-electron chi connectivity index (χ4n) is 1.78. The van der Waals surface area contributed by atoms with Crippen molar-refractivity contribution in [2.45, 2.75) is 25.4 Å². The number of hydrogen-bond donors (Lipinski definition) is 0. The topological polar surface area (TPSA) is 52.4 Å². The van der Waals surface area contributed by atoms with E-state index in [1.54, 1.807) is 0 Å². The monoisotopic (exact) mass is 253 g/mol. The molecule has 0 fully saturated rings. The zero-order valence-electron chi connectivity index (χ0n) is 9.14. The molecule has 1 unspecified atom stereocenters. The molecule has 0 bridgehead atoms. The van der Waals surface area contributed by atoms with Gasteiger partial charge in [0, 0.05) is 17.2 Å². The molecule has 4 nitrogen and oxygen atoms in total. The normalized spacial score (nSPS) is 19.0. The van der Waals surface area contributed by atoms with Crippen LogP contribution in [0.3, 0.4) is 0 Å². The number of halogens is 1. The molecule has 0 aromatic heterocycles. The molecule has 0 spiro atoms. The Morgan fingerprint density at radius 2 is 2.29 bits per heavy atom. The highest BCUT2D eigenvalue weighted by Crippen LogP contribution is 2.32. The minimum absolute atomic E-state index is 0.0478. The van der Waals surface area contributed by atoms with Gasteiger partial charge in [0.05, 0.1) is 4.92 Å². The Labute approximate surface area is 104 Å². The summed E-state index contributed by atoms with van der Waals surface area (Å²) in [5, 5.41) is 11.3. The maximum Gasteiger partial charge on any atom is 0.311 e. The zero-order chi connectivity index (χ0) is 12.3. The number of nitro benzene ring substituents is 1. The predicted octanol–water partition coefficient (Wildman–Crippen LogP) is 3.74. The van der Waals surface area contributed by atoms with Crippen LogP contribution < -0.4 is 4.74 Å². The summed E-state index contributed by atoms with van der Waals surface area (Å²) in [4.78, 5) is 10.4. The first-order valence-electron chi connectivity index (χ1n) is 5.44. The van der Waals surface area contributed by atoms with Crippen LogP contribution in [0.25, 0.3) is 0 Å². The van der Waals surface area contributed by atoms with Gasteiger partial charge in [0.25, 0.3) is 0 Å². The lowest BCUT2D eigenvalue weighted by Crippen LogP contribution is -2.16. The molecule has 1 aliphatic carbocycles. The van der Waals surface area contributed by atoms with E-state index in [0.29, 0.717) is 5.02 Å². The lowest BCUT2D eigenvalue weighted by molar-refractivity contribution is -0.386. The van der Waals surface area contributed by atoms with Crippen molar-refractivity contribution in [2.75, 3.05) is 0 Å². The molecule has 1 atom stereocenters. The Hall–Kier alpha value is -1.55. The molecule has 0 radical (unpaired) electrons. The van der Waals surface area contributed by atoms with Crippen LogP contribution in [-0.2, 0) is 0 Å². The summed E-state index contributed by atoms with van der Waals surface area (Å²) in [6.07, 6.45) is 6.83. The van der Waals surface area contributed by atoms with E-state index in [0.717, 1.165) is 19.3 Å². The Balaban J connectivity index is 2.23. The van der Waals surface area contributed by atoms with Gasteiger partial charge in [-0.25, -0.2) is 0 Å². The smallest absolute Gasteiger partial charge is 0.311 e. The van der Waals surface area contributed by atoms with E-state index in [-0.39, 0.29) is 17.5 Å². The number of ether oxygens (including phenoxy) is 1. The van der Waals surface area contributed by atoms with Gasteiger partial charge in [-0.05, 0) is 31.4 Å². The van der Waals surface area contributed by atoms with E-state index in [1.165, 1.54) is 18.2 Å². The van der Waals surface area contributed by atoms with Crippen LogP contribution in [0.4, 0.5) is 5.69 Å². The summed E-state index contributed by atoms with van der Waals surface area (Å²) in [5.74, 6) is 0.235. The molecule has 0 amide bonds. The standard InChI is InChI=1S/C12H12ClNO3/c13-9-6-7-11(14(15)16)12(8-9)17-10-4-2-1-3-5-10/h2,4,6-8,10H,1,3,5H2. The summed E-state index contributed by atoms with van der Waals surface area (Å²) in [7, 11) is 0. The van der Waals surface area contributed by atoms with Crippen LogP contribution in [0.2, 0.25) is 5.02 Å². The maximum absolute atomic E-state index is 10.8. The molecule has 5 heteroatoms. The number of benzene rings is 1. The van der Waals surface area contributed by atoms with Gasteiger partial charge in [0.15, 0.2) is 5.75 Å². The largest absolute Gasteiger partial charge is 0.479 e. The minimum Gasteiger partial charge on any atom is -0.479 e. The summed E-state index contributed by atoms with van der Waals surface area (Å²) < 4.78 is 5.62. The molecular formula is C12H12ClNO3. The van der Waals surface area contributed by atoms with Crippen molar-refractivity contribution in [3.63, 3.8) is 0 Å². The average molecular weight is 254 g/mol. The third kappa shape index (κ3) is 2.97. The van der Waals surface area contributed by atoms with Crippen LogP contribution in [-0.4, -0.2) is 11.0 Å². The number of hydrogen-bond acceptors (Lipinski definition) is 3. The van der Waals surface area contributed by atoms with Gasteiger partial charge < -0.3 is 4.74 Å². The molecular weight excluding hydrogens is 242 g/mol. The van der Waals surface area contributed by atoms with Crippen molar-refractivity contribution >= 4 is 17.3 Å². The fraction of sp³-hybridized carbons (Fsp3) is 0.333. The van der Waals surface area contributed by atoms with Gasteiger partial charge in [-0.2, -0.15) is 0 Å². The molecule has 2 rings (SSSR count). The molecule has 1 aromatic rings. The van der Waals surface area contributed by atoms with E-state index < -0.39 is 4.92 Å². The molecule has 0 saturated heterocycles. The number of allylic oxidation sites excluding steroid dienone is 1. The highest BCUT2D eigenvalue weighted by molar-refractivity contribution is 6.30. The molecule has 90 valence electrons. The van der Waals surface area contributed by atoms with Crippen molar-refractivity contribution in [3.8, 4) is 5.75 Å². The summed E-state index contributed by atoms with van der Waals surface area (Å²) >= 11 is 5.82. The van der Waals surface area contributed by atoms with Crippen LogP contribution in [0, 0.1) is 10.1 Å². The lowest BCUT2D eigenvalue weighted by Gasteiger charge is -2.18. The average Bonchev–Trinajstić information content (AvgIpc) is 2.30. The van der Waals surface area contributed by atoms with Gasteiger partial charge in [0.2, 0.25) is 0 Å². The molecule has 0 N–H and O–H groups in total. The summed E-state index contributed by atoms with van der Waals surface area (Å²) in [6, 6.07) is 4.34. The fourth-order valence-corrected chi connectivity index (χ4v) is 1.94. The van der Waals surface area contributed by atoms with Crippen molar-refractivity contribution in [1.82, 2.24) is 0 Å². The maximum atomic E-state index is 10.8. The SMILES string of the molecule is O=[N+]([O-])c1ccc(Cl)cc1OC1C=CCCC1. The zero-order valence-corrected chi connectivity index (χ0v) is 9.89. The van der Waals surface area contributed by atoms with Crippen molar-refractivity contribution in [2.24, 2.45) is 0 Å². The first kappa shape index (κ1) is 11.9. The van der Waals surface area contributed by atoms with Gasteiger partial charge >= 0.3 is 5.69 Å². The Bertz CT molecular complexity index is 459. The second kappa shape index (κ2) is 5.19. The van der Waals surface area contributed by atoms with E-state index in [4.69, 9.17) is 16.3 Å². The Morgan fingerprint density at radius 3 is 2.94 bits per heavy atom. The molecule has 1 aliphatic rings. The van der Waals surface area contributed by atoms with Crippen LogP contribution in [0.1, 0.15) is 19.3 Å². The van der Waals surface area contributed by atoms with E-state index in [2.05, 4.69) is 0 Å². The Morgan fingerprint density at radius 1 is 1.47 bits per heavy atom. The van der Waals surface area contributed by atoms with Crippen LogP contribution in [0.5, 0.6) is 5.75 Å². The number of nitro groups is 1. The first-order valence-corrected chi connectivity index (χ1v) is 5.82. The summed E-state index contributed by atoms with van der Waals surface area (Å²) in [6.45, 7) is 0. The van der Waals surface area contributed by atoms with Crippen molar-refractivity contribution in [1.29, 1.82) is 0 Å².